The van der Waals surface area contributed by atoms with Crippen molar-refractivity contribution in [2.24, 2.45) is 0 Å². The SMILES string of the molecule is CCOC(=O)c1cc(C(=O)Nc2cc(C)cc(C)c2)c(=O)[nH]c1C. The van der Waals surface area contributed by atoms with Gasteiger partial charge in [0, 0.05) is 11.4 Å². The highest BCUT2D eigenvalue weighted by atomic mass is 16.5. The number of esters is 1. The summed E-state index contributed by atoms with van der Waals surface area (Å²) in [5, 5.41) is 2.69. The van der Waals surface area contributed by atoms with E-state index in [1.165, 1.54) is 6.07 Å². The van der Waals surface area contributed by atoms with E-state index in [1.807, 2.05) is 19.9 Å². The van der Waals surface area contributed by atoms with E-state index < -0.39 is 17.4 Å². The number of aromatic nitrogens is 1. The van der Waals surface area contributed by atoms with Gasteiger partial charge in [-0.15, -0.1) is 0 Å². The van der Waals surface area contributed by atoms with Gasteiger partial charge in [0.2, 0.25) is 0 Å². The van der Waals surface area contributed by atoms with Crippen LogP contribution in [0.4, 0.5) is 5.69 Å². The van der Waals surface area contributed by atoms with Crippen LogP contribution in [0.5, 0.6) is 0 Å². The normalized spacial score (nSPS) is 10.3. The van der Waals surface area contributed by atoms with Crippen LogP contribution in [0.25, 0.3) is 0 Å². The van der Waals surface area contributed by atoms with Crippen molar-refractivity contribution in [3.05, 3.63) is 62.6 Å². The molecular weight excluding hydrogens is 308 g/mol. The zero-order valence-corrected chi connectivity index (χ0v) is 14.1. The number of carbonyl (C=O) groups is 2. The maximum Gasteiger partial charge on any atom is 0.339 e. The van der Waals surface area contributed by atoms with Gasteiger partial charge in [0.15, 0.2) is 0 Å². The number of hydrogen-bond acceptors (Lipinski definition) is 4. The fourth-order valence-corrected chi connectivity index (χ4v) is 2.46. The number of amides is 1. The lowest BCUT2D eigenvalue weighted by Gasteiger charge is -2.10. The highest BCUT2D eigenvalue weighted by Gasteiger charge is 2.18. The fraction of sp³-hybridized carbons (Fsp3) is 0.278. The summed E-state index contributed by atoms with van der Waals surface area (Å²) in [5.41, 5.74) is 2.43. The summed E-state index contributed by atoms with van der Waals surface area (Å²) in [6.07, 6.45) is 0. The molecule has 0 bridgehead atoms. The van der Waals surface area contributed by atoms with Gasteiger partial charge in [-0.1, -0.05) is 6.07 Å². The Labute approximate surface area is 139 Å². The van der Waals surface area contributed by atoms with Crippen molar-refractivity contribution < 1.29 is 14.3 Å². The van der Waals surface area contributed by atoms with E-state index in [1.54, 1.807) is 26.0 Å². The number of hydrogen-bond donors (Lipinski definition) is 2. The molecular formula is C18H20N2O4. The molecule has 1 aromatic carbocycles. The second kappa shape index (κ2) is 7.12. The molecule has 0 aliphatic heterocycles. The smallest absolute Gasteiger partial charge is 0.339 e. The first kappa shape index (κ1) is 17.5. The van der Waals surface area contributed by atoms with Crippen LogP contribution in [0.3, 0.4) is 0 Å². The third kappa shape index (κ3) is 3.90. The van der Waals surface area contributed by atoms with Crippen molar-refractivity contribution in [1.82, 2.24) is 4.98 Å². The molecule has 1 aromatic heterocycles. The lowest BCUT2D eigenvalue weighted by molar-refractivity contribution is 0.0525. The number of pyridine rings is 1. The zero-order chi connectivity index (χ0) is 17.9. The van der Waals surface area contributed by atoms with Crippen LogP contribution in [0.1, 0.15) is 44.5 Å². The maximum absolute atomic E-state index is 12.4. The molecule has 0 unspecified atom stereocenters. The first-order chi connectivity index (χ1) is 11.3. The highest BCUT2D eigenvalue weighted by molar-refractivity contribution is 6.05. The molecule has 6 heteroatoms. The van der Waals surface area contributed by atoms with E-state index in [0.29, 0.717) is 11.4 Å². The molecule has 24 heavy (non-hydrogen) atoms. The van der Waals surface area contributed by atoms with Crippen LogP contribution in [0.15, 0.2) is 29.1 Å². The molecule has 2 rings (SSSR count). The molecule has 0 spiro atoms. The van der Waals surface area contributed by atoms with E-state index in [9.17, 15) is 14.4 Å². The minimum atomic E-state index is -0.577. The lowest BCUT2D eigenvalue weighted by Crippen LogP contribution is -2.25. The summed E-state index contributed by atoms with van der Waals surface area (Å²) in [7, 11) is 0. The molecule has 2 N–H and O–H groups in total. The second-order valence-corrected chi connectivity index (χ2v) is 5.60. The molecule has 0 fully saturated rings. The summed E-state index contributed by atoms with van der Waals surface area (Å²) in [6.45, 7) is 7.31. The number of H-pyrrole nitrogens is 1. The van der Waals surface area contributed by atoms with Gasteiger partial charge < -0.3 is 15.0 Å². The number of rotatable bonds is 4. The van der Waals surface area contributed by atoms with Crippen LogP contribution < -0.4 is 10.9 Å². The van der Waals surface area contributed by atoms with Gasteiger partial charge in [-0.05, 0) is 57.0 Å². The molecule has 126 valence electrons. The molecule has 0 saturated heterocycles. The number of carbonyl (C=O) groups excluding carboxylic acids is 2. The summed E-state index contributed by atoms with van der Waals surface area (Å²) in [5.74, 6) is -1.15. The summed E-state index contributed by atoms with van der Waals surface area (Å²) >= 11 is 0. The van der Waals surface area contributed by atoms with Gasteiger partial charge in [-0.3, -0.25) is 9.59 Å². The fourth-order valence-electron chi connectivity index (χ4n) is 2.46. The number of ether oxygens (including phenoxy) is 1. The maximum atomic E-state index is 12.4. The Morgan fingerprint density at radius 1 is 1.04 bits per heavy atom. The van der Waals surface area contributed by atoms with Crippen molar-refractivity contribution in [1.29, 1.82) is 0 Å². The van der Waals surface area contributed by atoms with Crippen LogP contribution in [0.2, 0.25) is 0 Å². The lowest BCUT2D eigenvalue weighted by atomic mass is 10.1. The van der Waals surface area contributed by atoms with Crippen LogP contribution in [-0.2, 0) is 4.74 Å². The third-order valence-corrected chi connectivity index (χ3v) is 3.46. The average molecular weight is 328 g/mol. The zero-order valence-electron chi connectivity index (χ0n) is 14.1. The molecule has 0 aliphatic carbocycles. The van der Waals surface area contributed by atoms with E-state index in [2.05, 4.69) is 10.3 Å². The molecule has 0 saturated carbocycles. The monoisotopic (exact) mass is 328 g/mol. The molecule has 0 radical (unpaired) electrons. The Morgan fingerprint density at radius 2 is 1.67 bits per heavy atom. The van der Waals surface area contributed by atoms with Gasteiger partial charge >= 0.3 is 5.97 Å². The predicted molar refractivity (Wildman–Crippen MR) is 91.6 cm³/mol. The Morgan fingerprint density at radius 3 is 2.25 bits per heavy atom. The summed E-state index contributed by atoms with van der Waals surface area (Å²) in [4.78, 5) is 38.9. The van der Waals surface area contributed by atoms with Gasteiger partial charge in [-0.2, -0.15) is 0 Å². The Kier molecular flexibility index (Phi) is 5.18. The molecule has 6 nitrogen and oxygen atoms in total. The topological polar surface area (TPSA) is 88.3 Å². The van der Waals surface area contributed by atoms with E-state index in [-0.39, 0.29) is 17.7 Å². The highest BCUT2D eigenvalue weighted by Crippen LogP contribution is 2.15. The number of nitrogens with one attached hydrogen (secondary N) is 2. The van der Waals surface area contributed by atoms with E-state index in [4.69, 9.17) is 4.74 Å². The minimum absolute atomic E-state index is 0.136. The van der Waals surface area contributed by atoms with Gasteiger partial charge in [0.1, 0.15) is 5.56 Å². The molecule has 1 heterocycles. The second-order valence-electron chi connectivity index (χ2n) is 5.60. The Balaban J connectivity index is 2.36. The van der Waals surface area contributed by atoms with Crippen LogP contribution >= 0.6 is 0 Å². The number of anilines is 1. The van der Waals surface area contributed by atoms with Crippen molar-refractivity contribution in [3.8, 4) is 0 Å². The number of aryl methyl sites for hydroxylation is 3. The average Bonchev–Trinajstić information content (AvgIpc) is 2.46. The molecule has 0 atom stereocenters. The van der Waals surface area contributed by atoms with Gasteiger partial charge in [-0.25, -0.2) is 4.79 Å². The van der Waals surface area contributed by atoms with E-state index in [0.717, 1.165) is 11.1 Å². The van der Waals surface area contributed by atoms with Crippen molar-refractivity contribution in [3.63, 3.8) is 0 Å². The first-order valence-electron chi connectivity index (χ1n) is 7.62. The standard InChI is InChI=1S/C18H20N2O4/c1-5-24-18(23)14-9-15(16(21)19-12(14)4)17(22)20-13-7-10(2)6-11(3)8-13/h6-9H,5H2,1-4H3,(H,19,21)(H,20,22). The largest absolute Gasteiger partial charge is 0.462 e. The molecule has 2 aromatic rings. The van der Waals surface area contributed by atoms with Crippen molar-refractivity contribution in [2.45, 2.75) is 27.7 Å². The van der Waals surface area contributed by atoms with Crippen molar-refractivity contribution >= 4 is 17.6 Å². The Bertz CT molecular complexity index is 832. The quantitative estimate of drug-likeness (QED) is 0.845. The number of aromatic amines is 1. The molecule has 1 amide bonds. The van der Waals surface area contributed by atoms with E-state index >= 15 is 0 Å². The summed E-state index contributed by atoms with van der Waals surface area (Å²) in [6, 6.07) is 6.86. The van der Waals surface area contributed by atoms with Gasteiger partial charge in [0.05, 0.1) is 12.2 Å². The third-order valence-electron chi connectivity index (χ3n) is 3.46. The minimum Gasteiger partial charge on any atom is -0.462 e. The predicted octanol–water partition coefficient (Wildman–Crippen LogP) is 2.73. The Hall–Kier alpha value is -2.89. The first-order valence-corrected chi connectivity index (χ1v) is 7.62. The van der Waals surface area contributed by atoms with Gasteiger partial charge in [0.25, 0.3) is 11.5 Å². The summed E-state index contributed by atoms with van der Waals surface area (Å²) < 4.78 is 4.94. The van der Waals surface area contributed by atoms with Crippen LogP contribution in [0, 0.1) is 20.8 Å². The van der Waals surface area contributed by atoms with Crippen LogP contribution in [-0.4, -0.2) is 23.5 Å². The van der Waals surface area contributed by atoms with Crippen molar-refractivity contribution in [2.75, 3.05) is 11.9 Å². The molecule has 0 aliphatic rings. The number of benzene rings is 1.